The number of amides is 1. The lowest BCUT2D eigenvalue weighted by Gasteiger charge is -1.97. The molecule has 0 spiro atoms. The van der Waals surface area contributed by atoms with Crippen LogP contribution in [-0.2, 0) is 4.79 Å². The summed E-state index contributed by atoms with van der Waals surface area (Å²) in [7, 11) is 0. The van der Waals surface area contributed by atoms with Gasteiger partial charge in [-0.2, -0.15) is 0 Å². The predicted molar refractivity (Wildman–Crippen MR) is 121 cm³/mol. The molecule has 0 aliphatic carbocycles. The van der Waals surface area contributed by atoms with Gasteiger partial charge in [-0.15, -0.1) is 0 Å². The zero-order valence-electron chi connectivity index (χ0n) is 18.6. The number of carbonyl (C=O) groups is 2. The molecule has 0 bridgehead atoms. The molecule has 1 aromatic carbocycles. The van der Waals surface area contributed by atoms with Crippen LogP contribution in [0.3, 0.4) is 0 Å². The van der Waals surface area contributed by atoms with Crippen LogP contribution < -0.4 is 5.32 Å². The molecule has 154 valence electrons. The average molecular weight is 378 g/mol. The lowest BCUT2D eigenvalue weighted by molar-refractivity contribution is -0.105. The van der Waals surface area contributed by atoms with Crippen LogP contribution in [0.5, 0.6) is 0 Å². The maximum Gasteiger partial charge on any atom is 0.335 e. The van der Waals surface area contributed by atoms with Gasteiger partial charge in [0.25, 0.3) is 0 Å². The van der Waals surface area contributed by atoms with Gasteiger partial charge in [0.05, 0.1) is 5.56 Å². The molecule has 0 saturated carbocycles. The summed E-state index contributed by atoms with van der Waals surface area (Å²) in [5.74, 6) is -0.979. The Kier molecular flexibility index (Phi) is 30.4. The highest BCUT2D eigenvalue weighted by Crippen LogP contribution is 2.07. The monoisotopic (exact) mass is 377 g/mol. The summed E-state index contributed by atoms with van der Waals surface area (Å²) in [6, 6.07) is 5.90. The molecule has 1 aromatic rings. The van der Waals surface area contributed by atoms with Crippen molar-refractivity contribution in [1.82, 2.24) is 0 Å². The number of benzene rings is 1. The first kappa shape index (κ1) is 32.1. The van der Waals surface area contributed by atoms with Gasteiger partial charge in [-0.25, -0.2) is 4.79 Å². The van der Waals surface area contributed by atoms with E-state index in [9.17, 15) is 9.59 Å². The molecule has 0 aliphatic rings. The van der Waals surface area contributed by atoms with Gasteiger partial charge in [-0.3, -0.25) is 4.79 Å². The minimum atomic E-state index is -0.979. The summed E-state index contributed by atoms with van der Waals surface area (Å²) in [6.07, 6.45) is 6.67. The maximum absolute atomic E-state index is 10.4. The molecule has 0 radical (unpaired) electrons. The number of aromatic carboxylic acids is 1. The van der Waals surface area contributed by atoms with E-state index in [4.69, 9.17) is 5.11 Å². The van der Waals surface area contributed by atoms with Gasteiger partial charge < -0.3 is 10.4 Å². The van der Waals surface area contributed by atoms with E-state index in [-0.39, 0.29) is 5.56 Å². The molecule has 1 rings (SSSR count). The molecule has 27 heavy (non-hydrogen) atoms. The van der Waals surface area contributed by atoms with Crippen LogP contribution in [0.15, 0.2) is 60.2 Å². The molecule has 4 heteroatoms. The van der Waals surface area contributed by atoms with Crippen molar-refractivity contribution in [3.63, 3.8) is 0 Å². The van der Waals surface area contributed by atoms with Gasteiger partial charge in [-0.1, -0.05) is 77.5 Å². The number of allylic oxidation sites excluding steroid dienone is 5. The Labute approximate surface area is 166 Å². The minimum Gasteiger partial charge on any atom is -0.478 e. The van der Waals surface area contributed by atoms with Crippen LogP contribution in [0.4, 0.5) is 5.69 Å². The van der Waals surface area contributed by atoms with Gasteiger partial charge >= 0.3 is 5.97 Å². The highest BCUT2D eigenvalue weighted by Gasteiger charge is 2.00. The number of hydrogen-bond acceptors (Lipinski definition) is 2. The molecule has 4 nitrogen and oxygen atoms in total. The zero-order valence-corrected chi connectivity index (χ0v) is 18.6. The second-order valence-corrected chi connectivity index (χ2v) is 4.36. The normalized spacial score (nSPS) is 8.85. The van der Waals surface area contributed by atoms with Crippen LogP contribution in [0.1, 0.15) is 72.7 Å². The van der Waals surface area contributed by atoms with E-state index < -0.39 is 5.97 Å². The van der Waals surface area contributed by atoms with Crippen molar-refractivity contribution >= 4 is 18.1 Å². The van der Waals surface area contributed by atoms with Crippen LogP contribution in [-0.4, -0.2) is 17.5 Å². The quantitative estimate of drug-likeness (QED) is 0.424. The summed E-state index contributed by atoms with van der Waals surface area (Å²) >= 11 is 0. The largest absolute Gasteiger partial charge is 0.478 e. The van der Waals surface area contributed by atoms with Gasteiger partial charge in [-0.05, 0) is 45.0 Å². The van der Waals surface area contributed by atoms with Gasteiger partial charge in [0, 0.05) is 5.69 Å². The molecule has 0 aromatic heterocycles. The molecule has 0 saturated heterocycles. The van der Waals surface area contributed by atoms with E-state index in [1.807, 2.05) is 61.5 Å². The highest BCUT2D eigenvalue weighted by molar-refractivity contribution is 5.88. The summed E-state index contributed by atoms with van der Waals surface area (Å²) in [5, 5.41) is 10.9. The third kappa shape index (κ3) is 23.4. The number of rotatable bonds is 5. The van der Waals surface area contributed by atoms with E-state index in [2.05, 4.69) is 31.0 Å². The lowest BCUT2D eigenvalue weighted by atomic mass is 10.2. The third-order valence-electron chi connectivity index (χ3n) is 2.44. The highest BCUT2D eigenvalue weighted by atomic mass is 16.4. The SMILES string of the molecule is C=C(C)/C=C\C(C)=C/C.CC.CC.CC.O=CNc1ccc(C(=O)O)cc1. The molecule has 1 amide bonds. The second-order valence-electron chi connectivity index (χ2n) is 4.36. The minimum absolute atomic E-state index is 0.200. The molecule has 0 fully saturated rings. The van der Waals surface area contributed by atoms with Crippen molar-refractivity contribution in [2.45, 2.75) is 62.3 Å². The van der Waals surface area contributed by atoms with Crippen molar-refractivity contribution in [2.24, 2.45) is 0 Å². The van der Waals surface area contributed by atoms with Crippen molar-refractivity contribution in [1.29, 1.82) is 0 Å². The lowest BCUT2D eigenvalue weighted by Crippen LogP contribution is -1.97. The number of carbonyl (C=O) groups excluding carboxylic acids is 1. The average Bonchev–Trinajstić information content (AvgIpc) is 2.72. The first-order valence-electron chi connectivity index (χ1n) is 9.40. The van der Waals surface area contributed by atoms with Crippen LogP contribution in [0, 0.1) is 0 Å². The van der Waals surface area contributed by atoms with E-state index in [1.54, 1.807) is 0 Å². The maximum atomic E-state index is 10.4. The summed E-state index contributed by atoms with van der Waals surface area (Å²) in [6.45, 7) is 21.8. The Balaban J connectivity index is -0.000000157. The van der Waals surface area contributed by atoms with Gasteiger partial charge in [0.15, 0.2) is 0 Å². The summed E-state index contributed by atoms with van der Waals surface area (Å²) in [4.78, 5) is 20.3. The van der Waals surface area contributed by atoms with E-state index in [1.165, 1.54) is 29.8 Å². The molecular weight excluding hydrogens is 338 g/mol. The van der Waals surface area contributed by atoms with Gasteiger partial charge in [0.1, 0.15) is 0 Å². The summed E-state index contributed by atoms with van der Waals surface area (Å²) < 4.78 is 0. The number of carboxylic acids is 1. The zero-order chi connectivity index (χ0) is 22.3. The van der Waals surface area contributed by atoms with E-state index in [0.717, 1.165) is 5.57 Å². The fourth-order valence-electron chi connectivity index (χ4n) is 1.15. The Bertz CT molecular complexity index is 541. The predicted octanol–water partition coefficient (Wildman–Crippen LogP) is 7.12. The van der Waals surface area contributed by atoms with Crippen LogP contribution in [0.2, 0.25) is 0 Å². The Morgan fingerprint density at radius 3 is 1.70 bits per heavy atom. The molecule has 0 atom stereocenters. The van der Waals surface area contributed by atoms with E-state index in [0.29, 0.717) is 12.1 Å². The molecular formula is C23H39NO3. The summed E-state index contributed by atoms with van der Waals surface area (Å²) in [5.41, 5.74) is 3.15. The van der Waals surface area contributed by atoms with E-state index >= 15 is 0 Å². The third-order valence-corrected chi connectivity index (χ3v) is 2.44. The second kappa shape index (κ2) is 25.6. The van der Waals surface area contributed by atoms with Crippen LogP contribution >= 0.6 is 0 Å². The molecule has 2 N–H and O–H groups in total. The van der Waals surface area contributed by atoms with Crippen molar-refractivity contribution in [2.75, 3.05) is 5.32 Å². The standard InChI is InChI=1S/C9H14.C8H7NO3.3C2H6/c1-5-9(4)7-6-8(2)3;10-5-9-7-3-1-6(2-4-7)8(11)12;3*1-2/h5-7H,2H2,1,3-4H3;1-5H,(H,9,10)(H,11,12);3*1-2H3/b7-6-,9-5-;;;;. The number of nitrogens with one attached hydrogen (secondary N) is 1. The molecule has 0 aliphatic heterocycles. The Hall–Kier alpha value is -2.62. The van der Waals surface area contributed by atoms with Crippen LogP contribution in [0.25, 0.3) is 0 Å². The van der Waals surface area contributed by atoms with Crippen molar-refractivity contribution in [3.05, 3.63) is 65.8 Å². The number of hydrogen-bond donors (Lipinski definition) is 2. The van der Waals surface area contributed by atoms with Crippen molar-refractivity contribution in [3.8, 4) is 0 Å². The number of anilines is 1. The smallest absolute Gasteiger partial charge is 0.335 e. The topological polar surface area (TPSA) is 66.4 Å². The Morgan fingerprint density at radius 2 is 1.41 bits per heavy atom. The fraction of sp³-hybridized carbons (Fsp3) is 0.391. The first-order chi connectivity index (χ1) is 12.9. The van der Waals surface area contributed by atoms with Gasteiger partial charge in [0.2, 0.25) is 6.41 Å². The Morgan fingerprint density at radius 1 is 0.963 bits per heavy atom. The fourth-order valence-corrected chi connectivity index (χ4v) is 1.15. The number of carboxylic acid groups (broad SMARTS) is 1. The first-order valence-corrected chi connectivity index (χ1v) is 9.40. The molecule has 0 heterocycles. The van der Waals surface area contributed by atoms with Crippen molar-refractivity contribution < 1.29 is 14.7 Å². The molecule has 0 unspecified atom stereocenters.